The molecule has 0 saturated heterocycles. The van der Waals surface area contributed by atoms with Crippen LogP contribution in [0.4, 0.5) is 5.69 Å². The summed E-state index contributed by atoms with van der Waals surface area (Å²) in [7, 11) is 4.50. The van der Waals surface area contributed by atoms with Gasteiger partial charge in [-0.2, -0.15) is 0 Å². The molecule has 1 N–H and O–H groups in total. The molecule has 0 bridgehead atoms. The van der Waals surface area contributed by atoms with Crippen LogP contribution in [0.5, 0.6) is 28.9 Å². The van der Waals surface area contributed by atoms with E-state index in [1.54, 1.807) is 42.7 Å². The largest absolute Gasteiger partial charge is 0.493 e. The summed E-state index contributed by atoms with van der Waals surface area (Å²) in [6, 6.07) is 17.8. The lowest BCUT2D eigenvalue weighted by molar-refractivity contribution is 0.102. The zero-order chi connectivity index (χ0) is 24.4. The first kappa shape index (κ1) is 22.0. The third-order valence-corrected chi connectivity index (χ3v) is 5.36. The van der Waals surface area contributed by atoms with Gasteiger partial charge in [-0.3, -0.25) is 9.20 Å². The number of rotatable bonds is 7. The van der Waals surface area contributed by atoms with Crippen LogP contribution in [0.1, 0.15) is 10.4 Å². The Morgan fingerprint density at radius 3 is 2.31 bits per heavy atom. The number of nitrogens with one attached hydrogen (secondary N) is 1. The highest BCUT2D eigenvalue weighted by atomic mass is 16.5. The van der Waals surface area contributed by atoms with Gasteiger partial charge in [-0.1, -0.05) is 12.1 Å². The fraction of sp³-hybridized carbons (Fsp3) is 0.120. The number of methoxy groups -OCH3 is 3. The maximum atomic E-state index is 12.8. The average Bonchev–Trinajstić information content (AvgIpc) is 3.39. The molecule has 5 rings (SSSR count). The molecular weight excluding hydrogens is 450 g/mol. The molecule has 0 aliphatic rings. The van der Waals surface area contributed by atoms with Gasteiger partial charge in [0.25, 0.3) is 11.8 Å². The van der Waals surface area contributed by atoms with Gasteiger partial charge in [0.15, 0.2) is 11.5 Å². The van der Waals surface area contributed by atoms with Crippen LogP contribution >= 0.6 is 0 Å². The highest BCUT2D eigenvalue weighted by molar-refractivity contribution is 6.05. The van der Waals surface area contributed by atoms with Crippen molar-refractivity contribution < 1.29 is 23.7 Å². The lowest BCUT2D eigenvalue weighted by Gasteiger charge is -2.14. The van der Waals surface area contributed by atoms with Crippen LogP contribution in [-0.2, 0) is 0 Å². The van der Waals surface area contributed by atoms with Crippen LogP contribution in [0.3, 0.4) is 0 Å². The predicted octanol–water partition coefficient (Wildman–Crippen LogP) is 4.35. The van der Waals surface area contributed by atoms with Crippen molar-refractivity contribution in [3.8, 4) is 28.9 Å². The van der Waals surface area contributed by atoms with Gasteiger partial charge >= 0.3 is 0 Å². The van der Waals surface area contributed by atoms with E-state index in [1.165, 1.54) is 21.3 Å². The number of carbonyl (C=O) groups is 1. The van der Waals surface area contributed by atoms with Gasteiger partial charge in [-0.05, 0) is 48.5 Å². The topological polar surface area (TPSA) is 109 Å². The minimum absolute atomic E-state index is 0.329. The Balaban J connectivity index is 1.36. The summed E-state index contributed by atoms with van der Waals surface area (Å²) in [5.74, 6) is 1.72. The number of hydrogen-bond acceptors (Lipinski definition) is 8. The second-order valence-electron chi connectivity index (χ2n) is 7.42. The number of ether oxygens (including phenoxy) is 4. The van der Waals surface area contributed by atoms with Crippen LogP contribution in [0.15, 0.2) is 67.0 Å². The van der Waals surface area contributed by atoms with Crippen LogP contribution in [0.2, 0.25) is 0 Å². The van der Waals surface area contributed by atoms with E-state index in [2.05, 4.69) is 20.5 Å². The number of para-hydroxylation sites is 2. The van der Waals surface area contributed by atoms with Crippen molar-refractivity contribution in [3.63, 3.8) is 0 Å². The maximum Gasteiger partial charge on any atom is 0.266 e. The number of carbonyl (C=O) groups excluding carboxylic acids is 1. The Morgan fingerprint density at radius 2 is 1.63 bits per heavy atom. The molecule has 0 aliphatic carbocycles. The van der Waals surface area contributed by atoms with Gasteiger partial charge in [0.05, 0.1) is 32.4 Å². The molecule has 10 heteroatoms. The molecule has 5 aromatic rings. The highest BCUT2D eigenvalue weighted by Gasteiger charge is 2.17. The van der Waals surface area contributed by atoms with E-state index in [0.717, 1.165) is 11.0 Å². The first-order valence-corrected chi connectivity index (χ1v) is 10.6. The fourth-order valence-electron chi connectivity index (χ4n) is 3.68. The molecule has 0 atom stereocenters. The van der Waals surface area contributed by atoms with Gasteiger partial charge in [0.2, 0.25) is 11.4 Å². The Kier molecular flexibility index (Phi) is 5.76. The number of anilines is 1. The molecule has 2 aromatic heterocycles. The lowest BCUT2D eigenvalue weighted by Crippen LogP contribution is -2.12. The molecule has 0 spiro atoms. The maximum absolute atomic E-state index is 12.8. The van der Waals surface area contributed by atoms with Gasteiger partial charge < -0.3 is 24.3 Å². The quantitative estimate of drug-likeness (QED) is 0.373. The standard InChI is InChI=1S/C25H21N5O5/c1-32-20-12-15(13-21(33-2)22(20)34-3)24(31)27-16-8-10-17(11-9-16)35-25-23-29-26-14-30(23)19-7-5-4-6-18(19)28-25/h4-14H,1-3H3,(H,27,31). The first-order valence-electron chi connectivity index (χ1n) is 10.6. The van der Waals surface area contributed by atoms with E-state index in [-0.39, 0.29) is 5.91 Å². The molecule has 2 heterocycles. The van der Waals surface area contributed by atoms with Crippen molar-refractivity contribution in [2.75, 3.05) is 26.6 Å². The van der Waals surface area contributed by atoms with Crippen molar-refractivity contribution in [2.24, 2.45) is 0 Å². The van der Waals surface area contributed by atoms with Crippen LogP contribution < -0.4 is 24.3 Å². The van der Waals surface area contributed by atoms with Crippen LogP contribution in [-0.4, -0.2) is 46.8 Å². The Bertz CT molecular complexity index is 1510. The predicted molar refractivity (Wildman–Crippen MR) is 129 cm³/mol. The number of amides is 1. The van der Waals surface area contributed by atoms with Gasteiger partial charge in [0, 0.05) is 11.3 Å². The third kappa shape index (κ3) is 4.12. The van der Waals surface area contributed by atoms with Gasteiger partial charge in [0.1, 0.15) is 12.1 Å². The van der Waals surface area contributed by atoms with Crippen molar-refractivity contribution in [2.45, 2.75) is 0 Å². The summed E-state index contributed by atoms with van der Waals surface area (Å²) in [5, 5.41) is 11.0. The number of aromatic nitrogens is 4. The molecule has 0 aliphatic heterocycles. The third-order valence-electron chi connectivity index (χ3n) is 5.36. The van der Waals surface area contributed by atoms with E-state index < -0.39 is 0 Å². The zero-order valence-corrected chi connectivity index (χ0v) is 19.2. The first-order chi connectivity index (χ1) is 17.1. The summed E-state index contributed by atoms with van der Waals surface area (Å²) < 4.78 is 23.8. The SMILES string of the molecule is COc1cc(C(=O)Nc2ccc(Oc3nc4ccccc4n4cnnc34)cc2)cc(OC)c1OC. The summed E-state index contributed by atoms with van der Waals surface area (Å²) in [5.41, 5.74) is 3.07. The summed E-state index contributed by atoms with van der Waals surface area (Å²) in [6.45, 7) is 0. The second kappa shape index (κ2) is 9.18. The fourth-order valence-corrected chi connectivity index (χ4v) is 3.68. The van der Waals surface area contributed by atoms with E-state index in [1.807, 2.05) is 28.7 Å². The average molecular weight is 471 g/mol. The van der Waals surface area contributed by atoms with Crippen LogP contribution in [0, 0.1) is 0 Å². The molecule has 3 aromatic carbocycles. The Hall–Kier alpha value is -4.86. The van der Waals surface area contributed by atoms with Crippen molar-refractivity contribution in [1.29, 1.82) is 0 Å². The van der Waals surface area contributed by atoms with E-state index in [4.69, 9.17) is 18.9 Å². The molecule has 0 saturated carbocycles. The van der Waals surface area contributed by atoms with Crippen LogP contribution in [0.25, 0.3) is 16.7 Å². The Labute approximate surface area is 200 Å². The van der Waals surface area contributed by atoms with Crippen molar-refractivity contribution >= 4 is 28.3 Å². The number of fused-ring (bicyclic) bond motifs is 3. The number of benzene rings is 3. The van der Waals surface area contributed by atoms with Gasteiger partial charge in [-0.25, -0.2) is 4.98 Å². The van der Waals surface area contributed by atoms with Crippen molar-refractivity contribution in [3.05, 3.63) is 72.6 Å². The normalized spacial score (nSPS) is 10.8. The lowest BCUT2D eigenvalue weighted by atomic mass is 10.1. The summed E-state index contributed by atoms with van der Waals surface area (Å²) in [4.78, 5) is 17.4. The zero-order valence-electron chi connectivity index (χ0n) is 19.2. The monoisotopic (exact) mass is 471 g/mol. The van der Waals surface area contributed by atoms with E-state index in [0.29, 0.717) is 45.8 Å². The second-order valence-corrected chi connectivity index (χ2v) is 7.42. The van der Waals surface area contributed by atoms with E-state index in [9.17, 15) is 4.79 Å². The minimum atomic E-state index is -0.334. The summed E-state index contributed by atoms with van der Waals surface area (Å²) >= 11 is 0. The smallest absolute Gasteiger partial charge is 0.266 e. The molecule has 0 fully saturated rings. The Morgan fingerprint density at radius 1 is 0.914 bits per heavy atom. The minimum Gasteiger partial charge on any atom is -0.493 e. The molecule has 35 heavy (non-hydrogen) atoms. The van der Waals surface area contributed by atoms with Crippen molar-refractivity contribution in [1.82, 2.24) is 19.6 Å². The summed E-state index contributed by atoms with van der Waals surface area (Å²) in [6.07, 6.45) is 1.62. The molecule has 0 radical (unpaired) electrons. The molecular formula is C25H21N5O5. The van der Waals surface area contributed by atoms with Gasteiger partial charge in [-0.15, -0.1) is 10.2 Å². The molecule has 176 valence electrons. The number of nitrogens with zero attached hydrogens (tertiary/aromatic N) is 4. The highest BCUT2D eigenvalue weighted by Crippen LogP contribution is 2.38. The van der Waals surface area contributed by atoms with E-state index >= 15 is 0 Å². The number of hydrogen-bond donors (Lipinski definition) is 1. The molecule has 0 unspecified atom stereocenters. The molecule has 10 nitrogen and oxygen atoms in total. The molecule has 1 amide bonds.